The first-order valence-electron chi connectivity index (χ1n) is 16.2. The number of phenols is 1. The van der Waals surface area contributed by atoms with Crippen molar-refractivity contribution in [2.24, 2.45) is 23.7 Å². The van der Waals surface area contributed by atoms with Crippen molar-refractivity contribution in [1.29, 1.82) is 0 Å². The van der Waals surface area contributed by atoms with E-state index in [1.807, 2.05) is 13.0 Å². The number of fused-ring (bicyclic) bond motifs is 4. The van der Waals surface area contributed by atoms with Gasteiger partial charge in [-0.1, -0.05) is 42.3 Å². The lowest BCUT2D eigenvalue weighted by molar-refractivity contribution is -0.141. The van der Waals surface area contributed by atoms with Crippen LogP contribution in [0.5, 0.6) is 17.2 Å². The molecule has 0 bridgehead atoms. The number of amides is 4. The number of hydrogen-bond acceptors (Lipinski definition) is 8. The zero-order valence-electron chi connectivity index (χ0n) is 27.1. The third-order valence-corrected chi connectivity index (χ3v) is 10.9. The van der Waals surface area contributed by atoms with E-state index in [9.17, 15) is 23.9 Å². The molecule has 6 atom stereocenters. The van der Waals surface area contributed by atoms with Crippen LogP contribution in [0.4, 0.5) is 10.1 Å². The number of phenolic OH excluding ortho intramolecular Hbond substituents is 1. The van der Waals surface area contributed by atoms with Crippen molar-refractivity contribution in [3.8, 4) is 17.2 Å². The Labute approximate surface area is 287 Å². The van der Waals surface area contributed by atoms with E-state index in [2.05, 4.69) is 5.43 Å². The molecule has 3 fully saturated rings. The van der Waals surface area contributed by atoms with Gasteiger partial charge in [-0.15, -0.1) is 0 Å². The molecule has 7 rings (SSSR count). The molecule has 2 aliphatic heterocycles. The molecule has 254 valence electrons. The Morgan fingerprint density at radius 3 is 2.20 bits per heavy atom. The van der Waals surface area contributed by atoms with Crippen LogP contribution in [-0.2, 0) is 24.6 Å². The number of nitrogens with zero attached hydrogens (tertiary/aromatic N) is 2. The third kappa shape index (κ3) is 4.80. The van der Waals surface area contributed by atoms with Gasteiger partial charge in [-0.25, -0.2) is 4.39 Å². The Morgan fingerprint density at radius 1 is 0.939 bits per heavy atom. The second-order valence-corrected chi connectivity index (χ2v) is 13.4. The Kier molecular flexibility index (Phi) is 8.13. The van der Waals surface area contributed by atoms with Crippen LogP contribution in [0.15, 0.2) is 72.3 Å². The molecule has 1 saturated carbocycles. The number of anilines is 1. The lowest BCUT2D eigenvalue weighted by atomic mass is 9.49. The smallest absolute Gasteiger partial charge is 0.260 e. The number of methoxy groups -OCH3 is 2. The van der Waals surface area contributed by atoms with Gasteiger partial charge in [-0.05, 0) is 67.1 Å². The predicted octanol–water partition coefficient (Wildman–Crippen LogP) is 5.60. The molecule has 2 saturated heterocycles. The topological polar surface area (TPSA) is 125 Å². The Hall–Kier alpha value is -4.90. The summed E-state index contributed by atoms with van der Waals surface area (Å²) in [7, 11) is 2.86. The van der Waals surface area contributed by atoms with Crippen molar-refractivity contribution < 1.29 is 38.1 Å². The largest absolute Gasteiger partial charge is 0.508 e. The Balaban J connectivity index is 1.51. The molecule has 0 aromatic heterocycles. The van der Waals surface area contributed by atoms with Crippen LogP contribution in [-0.4, -0.2) is 59.4 Å². The highest BCUT2D eigenvalue weighted by Crippen LogP contribution is 2.66. The summed E-state index contributed by atoms with van der Waals surface area (Å²) in [6, 6.07) is 14.9. The van der Waals surface area contributed by atoms with Gasteiger partial charge < -0.3 is 14.6 Å². The molecule has 6 unspecified atom stereocenters. The van der Waals surface area contributed by atoms with Crippen LogP contribution in [0.1, 0.15) is 43.2 Å². The minimum Gasteiger partial charge on any atom is -0.508 e. The van der Waals surface area contributed by atoms with Gasteiger partial charge in [0.2, 0.25) is 11.8 Å². The number of ether oxygens (including phenoxy) is 2. The summed E-state index contributed by atoms with van der Waals surface area (Å²) < 4.78 is 25.5. The average Bonchev–Trinajstić information content (AvgIpc) is 3.46. The van der Waals surface area contributed by atoms with Crippen LogP contribution in [0.25, 0.3) is 0 Å². The molecule has 2 heterocycles. The van der Waals surface area contributed by atoms with E-state index in [1.54, 1.807) is 24.3 Å². The Morgan fingerprint density at radius 2 is 1.59 bits per heavy atom. The van der Waals surface area contributed by atoms with Gasteiger partial charge in [0, 0.05) is 35.2 Å². The van der Waals surface area contributed by atoms with Crippen LogP contribution < -0.4 is 14.9 Å². The monoisotopic (exact) mass is 687 g/mol. The summed E-state index contributed by atoms with van der Waals surface area (Å²) in [4.78, 5) is 59.0. The molecule has 2 aliphatic carbocycles. The Bertz CT molecular complexity index is 1870. The van der Waals surface area contributed by atoms with Crippen molar-refractivity contribution in [3.63, 3.8) is 0 Å². The second-order valence-electron chi connectivity index (χ2n) is 13.0. The summed E-state index contributed by atoms with van der Waals surface area (Å²) in [6.07, 6.45) is 2.90. The average molecular weight is 688 g/mol. The summed E-state index contributed by atoms with van der Waals surface area (Å²) in [5, 5.41) is 12.0. The molecule has 0 radical (unpaired) electrons. The lowest BCUT2D eigenvalue weighted by Gasteiger charge is -2.51. The molecule has 3 aromatic rings. The number of carbonyl (C=O) groups excluding carboxylic acids is 4. The van der Waals surface area contributed by atoms with Crippen LogP contribution in [0, 0.1) is 29.5 Å². The van der Waals surface area contributed by atoms with E-state index in [4.69, 9.17) is 21.1 Å². The van der Waals surface area contributed by atoms with Crippen LogP contribution in [0.2, 0.25) is 5.02 Å². The molecule has 4 aliphatic rings. The first-order valence-corrected chi connectivity index (χ1v) is 16.6. The highest BCUT2D eigenvalue weighted by molar-refractivity contribution is 6.30. The van der Waals surface area contributed by atoms with Gasteiger partial charge in [-0.3, -0.25) is 29.5 Å². The number of imide groups is 2. The standard InChI is InChI=1S/C37H35ClFN3O7/c1-4-15-41-33(44)25-14-13-24-26(30(25)35(41)46)18-27-34(45)42(40-22-11-9-21(39)10-12-22)36(47)37(27,19-5-7-20(38)8-6-19)32(24)31-28(48-2)16-23(43)17-29(31)49-3/h5-13,16-17,25-27,30,32,40,43H,4,14-15,18H2,1-3H3. The number of rotatable bonds is 8. The van der Waals surface area contributed by atoms with E-state index in [1.165, 1.54) is 55.5 Å². The number of nitrogens with one attached hydrogen (secondary N) is 1. The lowest BCUT2D eigenvalue weighted by Crippen LogP contribution is -2.53. The minimum atomic E-state index is -1.63. The van der Waals surface area contributed by atoms with Gasteiger partial charge in [0.05, 0.1) is 43.1 Å². The van der Waals surface area contributed by atoms with Crippen LogP contribution in [0.3, 0.4) is 0 Å². The van der Waals surface area contributed by atoms with E-state index < -0.39 is 52.6 Å². The summed E-state index contributed by atoms with van der Waals surface area (Å²) in [6.45, 7) is 2.19. The number of hydrazine groups is 1. The van der Waals surface area contributed by atoms with E-state index in [0.717, 1.165) is 5.01 Å². The maximum atomic E-state index is 15.3. The first-order chi connectivity index (χ1) is 23.6. The van der Waals surface area contributed by atoms with Gasteiger partial charge in [0.25, 0.3) is 11.8 Å². The number of allylic oxidation sites excluding steroid dienone is 2. The maximum Gasteiger partial charge on any atom is 0.260 e. The molecule has 49 heavy (non-hydrogen) atoms. The highest BCUT2D eigenvalue weighted by atomic mass is 35.5. The molecular formula is C37H35ClFN3O7. The van der Waals surface area contributed by atoms with E-state index >= 15 is 4.79 Å². The molecule has 12 heteroatoms. The first kappa shape index (κ1) is 32.6. The quantitative estimate of drug-likeness (QED) is 0.232. The molecule has 0 spiro atoms. The third-order valence-electron chi connectivity index (χ3n) is 10.6. The summed E-state index contributed by atoms with van der Waals surface area (Å²) in [5.41, 5.74) is 3.22. The van der Waals surface area contributed by atoms with Gasteiger partial charge in [0.1, 0.15) is 23.1 Å². The molecule has 4 amide bonds. The number of halogens is 2. The van der Waals surface area contributed by atoms with E-state index in [-0.39, 0.29) is 41.9 Å². The second kappa shape index (κ2) is 12.2. The van der Waals surface area contributed by atoms with Crippen LogP contribution >= 0.6 is 11.6 Å². The number of aromatic hydroxyl groups is 1. The fourth-order valence-electron chi connectivity index (χ4n) is 8.69. The maximum absolute atomic E-state index is 15.3. The summed E-state index contributed by atoms with van der Waals surface area (Å²) in [5.74, 6) is -5.75. The summed E-state index contributed by atoms with van der Waals surface area (Å²) >= 11 is 6.35. The zero-order valence-corrected chi connectivity index (χ0v) is 27.9. The van der Waals surface area contributed by atoms with Crippen molar-refractivity contribution >= 4 is 40.9 Å². The van der Waals surface area contributed by atoms with Gasteiger partial charge >= 0.3 is 0 Å². The SMILES string of the molecule is CCCN1C(=O)C2CC=C3C(CC4C(=O)N(Nc5ccc(F)cc5)C(=O)C4(c4ccc(Cl)cc4)C3c3c(OC)cc(O)cc3OC)C2C1=O. The highest BCUT2D eigenvalue weighted by Gasteiger charge is 2.71. The fourth-order valence-corrected chi connectivity index (χ4v) is 8.81. The number of carbonyl (C=O) groups is 4. The van der Waals surface area contributed by atoms with Crippen molar-refractivity contribution in [1.82, 2.24) is 9.91 Å². The number of likely N-dealkylation sites (tertiary alicyclic amines) is 1. The predicted molar refractivity (Wildman–Crippen MR) is 177 cm³/mol. The molecule has 3 aromatic carbocycles. The molecule has 10 nitrogen and oxygen atoms in total. The van der Waals surface area contributed by atoms with Crippen molar-refractivity contribution in [2.75, 3.05) is 26.2 Å². The van der Waals surface area contributed by atoms with E-state index in [0.29, 0.717) is 40.4 Å². The normalized spacial score (nSPS) is 27.4. The fraction of sp³-hybridized carbons (Fsp3) is 0.351. The zero-order chi connectivity index (χ0) is 34.8. The van der Waals surface area contributed by atoms with Gasteiger partial charge in [0.15, 0.2) is 0 Å². The molecule has 2 N–H and O–H groups in total. The molecular weight excluding hydrogens is 653 g/mol. The van der Waals surface area contributed by atoms with Crippen molar-refractivity contribution in [3.05, 3.63) is 94.3 Å². The van der Waals surface area contributed by atoms with Gasteiger partial charge in [-0.2, -0.15) is 5.01 Å². The minimum absolute atomic E-state index is 0.0972. The number of hydrogen-bond donors (Lipinski definition) is 2. The number of benzene rings is 3. The van der Waals surface area contributed by atoms with Crippen molar-refractivity contribution in [2.45, 2.75) is 37.5 Å².